The number of imidazole rings is 1. The molecule has 0 aliphatic carbocycles. The highest BCUT2D eigenvalue weighted by Crippen LogP contribution is 2.21. The lowest BCUT2D eigenvalue weighted by molar-refractivity contribution is 0.885. The van der Waals surface area contributed by atoms with Crippen LogP contribution in [0.5, 0.6) is 0 Å². The molecule has 88 valence electrons. The van der Waals surface area contributed by atoms with Crippen LogP contribution in [0.3, 0.4) is 0 Å². The average Bonchev–Trinajstić information content (AvgIpc) is 2.76. The molecular formula is C13H15N3S. The summed E-state index contributed by atoms with van der Waals surface area (Å²) in [5, 5.41) is 0. The van der Waals surface area contributed by atoms with Gasteiger partial charge in [-0.15, -0.1) is 0 Å². The molecule has 0 aliphatic rings. The van der Waals surface area contributed by atoms with Crippen molar-refractivity contribution in [3.05, 3.63) is 47.5 Å². The number of para-hydroxylation sites is 1. The normalized spacial score (nSPS) is 10.5. The molecule has 0 fully saturated rings. The van der Waals surface area contributed by atoms with Crippen molar-refractivity contribution in [1.82, 2.24) is 9.55 Å². The van der Waals surface area contributed by atoms with E-state index in [1.54, 1.807) is 6.20 Å². The van der Waals surface area contributed by atoms with E-state index in [9.17, 15) is 0 Å². The van der Waals surface area contributed by atoms with Crippen molar-refractivity contribution >= 4 is 17.2 Å². The van der Waals surface area contributed by atoms with Gasteiger partial charge in [0.25, 0.3) is 0 Å². The minimum Gasteiger partial charge on any atom is -0.389 e. The number of aryl methyl sites for hydroxylation is 2. The van der Waals surface area contributed by atoms with Crippen LogP contribution in [0.25, 0.3) is 5.69 Å². The number of aromatic nitrogens is 2. The van der Waals surface area contributed by atoms with E-state index in [1.807, 2.05) is 18.3 Å². The first-order valence-corrected chi connectivity index (χ1v) is 5.98. The molecule has 0 bridgehead atoms. The van der Waals surface area contributed by atoms with Crippen molar-refractivity contribution in [3.8, 4) is 5.69 Å². The molecule has 17 heavy (non-hydrogen) atoms. The van der Waals surface area contributed by atoms with Crippen LogP contribution < -0.4 is 5.73 Å². The minimum atomic E-state index is 0.416. The smallest absolute Gasteiger partial charge is 0.112 e. The Morgan fingerprint density at radius 3 is 2.88 bits per heavy atom. The highest BCUT2D eigenvalue weighted by atomic mass is 32.1. The molecule has 0 atom stereocenters. The van der Waals surface area contributed by atoms with Gasteiger partial charge in [0, 0.05) is 24.4 Å². The zero-order valence-corrected chi connectivity index (χ0v) is 10.8. The second kappa shape index (κ2) is 4.67. The summed E-state index contributed by atoms with van der Waals surface area (Å²) < 4.78 is 2.06. The van der Waals surface area contributed by atoms with Gasteiger partial charge in [0.2, 0.25) is 0 Å². The van der Waals surface area contributed by atoms with E-state index in [4.69, 9.17) is 18.0 Å². The first kappa shape index (κ1) is 11.8. The van der Waals surface area contributed by atoms with Crippen LogP contribution in [0.4, 0.5) is 0 Å². The number of benzene rings is 1. The van der Waals surface area contributed by atoms with E-state index in [-0.39, 0.29) is 0 Å². The van der Waals surface area contributed by atoms with Gasteiger partial charge >= 0.3 is 0 Å². The lowest BCUT2D eigenvalue weighted by atomic mass is 10.1. The standard InChI is InChI=1S/C13H15N3S/c1-3-11-15-7-8-16(11)12-9(2)5-4-6-10(12)13(14)17/h4-8H,3H2,1-2H3,(H2,14,17). The molecule has 0 spiro atoms. The van der Waals surface area contributed by atoms with E-state index in [2.05, 4.69) is 29.5 Å². The Balaban J connectivity index is 2.70. The first-order chi connectivity index (χ1) is 8.15. The van der Waals surface area contributed by atoms with Crippen LogP contribution in [-0.2, 0) is 6.42 Å². The van der Waals surface area contributed by atoms with E-state index < -0.39 is 0 Å². The zero-order chi connectivity index (χ0) is 12.4. The van der Waals surface area contributed by atoms with Crippen LogP contribution in [0, 0.1) is 6.92 Å². The molecule has 0 saturated carbocycles. The molecule has 0 amide bonds. The first-order valence-electron chi connectivity index (χ1n) is 5.57. The predicted molar refractivity (Wildman–Crippen MR) is 73.6 cm³/mol. The summed E-state index contributed by atoms with van der Waals surface area (Å²) >= 11 is 5.11. The molecule has 2 rings (SSSR count). The number of hydrogen-bond acceptors (Lipinski definition) is 2. The van der Waals surface area contributed by atoms with E-state index in [1.165, 1.54) is 0 Å². The topological polar surface area (TPSA) is 43.8 Å². The minimum absolute atomic E-state index is 0.416. The third-order valence-electron chi connectivity index (χ3n) is 2.78. The average molecular weight is 245 g/mol. The van der Waals surface area contributed by atoms with Crippen molar-refractivity contribution in [1.29, 1.82) is 0 Å². The predicted octanol–water partition coefficient (Wildman–Crippen LogP) is 2.38. The van der Waals surface area contributed by atoms with Crippen molar-refractivity contribution in [2.45, 2.75) is 20.3 Å². The van der Waals surface area contributed by atoms with Crippen LogP contribution in [0.15, 0.2) is 30.6 Å². The summed E-state index contributed by atoms with van der Waals surface area (Å²) in [6.07, 6.45) is 4.62. The third-order valence-corrected chi connectivity index (χ3v) is 3.00. The molecule has 4 heteroatoms. The Hall–Kier alpha value is -1.68. The quantitative estimate of drug-likeness (QED) is 0.844. The van der Waals surface area contributed by atoms with Gasteiger partial charge < -0.3 is 10.3 Å². The van der Waals surface area contributed by atoms with Gasteiger partial charge in [-0.1, -0.05) is 31.3 Å². The Bertz CT molecular complexity index is 558. The van der Waals surface area contributed by atoms with E-state index in [0.717, 1.165) is 29.1 Å². The second-order valence-electron chi connectivity index (χ2n) is 3.90. The highest BCUT2D eigenvalue weighted by molar-refractivity contribution is 7.80. The molecule has 3 nitrogen and oxygen atoms in total. The van der Waals surface area contributed by atoms with E-state index >= 15 is 0 Å². The van der Waals surface area contributed by atoms with Crippen LogP contribution in [-0.4, -0.2) is 14.5 Å². The summed E-state index contributed by atoms with van der Waals surface area (Å²) in [6.45, 7) is 4.13. The van der Waals surface area contributed by atoms with Crippen LogP contribution >= 0.6 is 12.2 Å². The fraction of sp³-hybridized carbons (Fsp3) is 0.231. The monoisotopic (exact) mass is 245 g/mol. The van der Waals surface area contributed by atoms with Gasteiger partial charge in [0.15, 0.2) is 0 Å². The Labute approximate surface area is 106 Å². The number of thiocarbonyl (C=S) groups is 1. The fourth-order valence-corrected chi connectivity index (χ4v) is 2.14. The number of nitrogens with zero attached hydrogens (tertiary/aromatic N) is 2. The van der Waals surface area contributed by atoms with Gasteiger partial charge in [0.05, 0.1) is 5.69 Å². The highest BCUT2D eigenvalue weighted by Gasteiger charge is 2.12. The maximum atomic E-state index is 5.78. The zero-order valence-electron chi connectivity index (χ0n) is 9.97. The molecule has 1 heterocycles. The van der Waals surface area contributed by atoms with E-state index in [0.29, 0.717) is 4.99 Å². The van der Waals surface area contributed by atoms with Gasteiger partial charge in [0.1, 0.15) is 10.8 Å². The van der Waals surface area contributed by atoms with Gasteiger partial charge in [-0.3, -0.25) is 0 Å². The summed E-state index contributed by atoms with van der Waals surface area (Å²) in [7, 11) is 0. The SMILES string of the molecule is CCc1nccn1-c1c(C)cccc1C(N)=S. The third kappa shape index (κ3) is 2.08. The van der Waals surface area contributed by atoms with Crippen molar-refractivity contribution in [3.63, 3.8) is 0 Å². The lowest BCUT2D eigenvalue weighted by Crippen LogP contribution is -2.15. The van der Waals surface area contributed by atoms with Crippen molar-refractivity contribution in [2.24, 2.45) is 5.73 Å². The second-order valence-corrected chi connectivity index (χ2v) is 4.34. The maximum Gasteiger partial charge on any atom is 0.112 e. The molecular weight excluding hydrogens is 230 g/mol. The number of nitrogens with two attached hydrogens (primary N) is 1. The van der Waals surface area contributed by atoms with Gasteiger partial charge in [-0.2, -0.15) is 0 Å². The summed E-state index contributed by atoms with van der Waals surface area (Å²) in [6, 6.07) is 5.97. The number of hydrogen-bond donors (Lipinski definition) is 1. The molecule has 2 N–H and O–H groups in total. The molecule has 1 aromatic heterocycles. The largest absolute Gasteiger partial charge is 0.389 e. The molecule has 0 radical (unpaired) electrons. The van der Waals surface area contributed by atoms with Gasteiger partial charge in [-0.25, -0.2) is 4.98 Å². The summed E-state index contributed by atoms with van der Waals surface area (Å²) in [5.74, 6) is 1.01. The van der Waals surface area contributed by atoms with Gasteiger partial charge in [-0.05, 0) is 18.6 Å². The fourth-order valence-electron chi connectivity index (χ4n) is 1.98. The molecule has 0 unspecified atom stereocenters. The molecule has 0 aliphatic heterocycles. The molecule has 2 aromatic rings. The lowest BCUT2D eigenvalue weighted by Gasteiger charge is -2.14. The van der Waals surface area contributed by atoms with Crippen LogP contribution in [0.1, 0.15) is 23.9 Å². The molecule has 0 saturated heterocycles. The summed E-state index contributed by atoms with van der Waals surface area (Å²) in [4.78, 5) is 4.75. The Kier molecular flexibility index (Phi) is 3.24. The van der Waals surface area contributed by atoms with Crippen molar-refractivity contribution < 1.29 is 0 Å². The van der Waals surface area contributed by atoms with Crippen LogP contribution in [0.2, 0.25) is 0 Å². The number of rotatable bonds is 3. The Morgan fingerprint density at radius 2 is 2.24 bits per heavy atom. The Morgan fingerprint density at radius 1 is 1.47 bits per heavy atom. The maximum absolute atomic E-state index is 5.78. The molecule has 1 aromatic carbocycles. The van der Waals surface area contributed by atoms with Crippen molar-refractivity contribution in [2.75, 3.05) is 0 Å². The summed E-state index contributed by atoms with van der Waals surface area (Å²) in [5.41, 5.74) is 8.85.